The fourth-order valence-electron chi connectivity index (χ4n) is 5.93. The molecule has 2 aliphatic carbocycles. The van der Waals surface area contributed by atoms with Crippen LogP contribution in [0.2, 0.25) is 5.02 Å². The van der Waals surface area contributed by atoms with Gasteiger partial charge in [0.2, 0.25) is 5.91 Å². The van der Waals surface area contributed by atoms with E-state index in [0.717, 1.165) is 23.3 Å². The van der Waals surface area contributed by atoms with E-state index in [4.69, 9.17) is 16.3 Å². The van der Waals surface area contributed by atoms with Crippen LogP contribution >= 0.6 is 11.6 Å². The quantitative estimate of drug-likeness (QED) is 0.290. The number of alkyl halides is 3. The number of carbonyl (C=O) groups is 2. The first-order chi connectivity index (χ1) is 19.9. The van der Waals surface area contributed by atoms with Crippen LogP contribution in [0.1, 0.15) is 34.3 Å². The summed E-state index contributed by atoms with van der Waals surface area (Å²) in [6.07, 6.45) is -1.99. The van der Waals surface area contributed by atoms with Gasteiger partial charge in [0, 0.05) is 28.7 Å². The molecule has 12 heteroatoms. The summed E-state index contributed by atoms with van der Waals surface area (Å²) < 4.78 is 86.5. The molecule has 0 saturated heterocycles. The van der Waals surface area contributed by atoms with Crippen LogP contribution in [0.3, 0.4) is 0 Å². The standard InChI is InChI=1S/C30H23ClF6N2O3/c1-42-25-13-24(34)23(33)12-20(25)28(40)39-27-18-7-6-17(19(18)10-14-3-2-4-15(31)9-14)26(27)29(41)38-16-5-8-22(32)21(11-16)30(35,36)37/h2-5,8-13,17-18,26-27H,6-7H2,1H3,(H,38,41)(H,39,40)/t17?,18?,26-,27+/m0/s1. The van der Waals surface area contributed by atoms with Gasteiger partial charge in [-0.25, -0.2) is 13.2 Å². The van der Waals surface area contributed by atoms with Crippen LogP contribution in [0.4, 0.5) is 32.0 Å². The lowest BCUT2D eigenvalue weighted by atomic mass is 9.83. The lowest BCUT2D eigenvalue weighted by molar-refractivity contribution is -0.140. The molecule has 220 valence electrons. The van der Waals surface area contributed by atoms with Gasteiger partial charge in [-0.15, -0.1) is 0 Å². The molecule has 5 nitrogen and oxygen atoms in total. The molecule has 2 N–H and O–H groups in total. The molecule has 2 bridgehead atoms. The van der Waals surface area contributed by atoms with Crippen LogP contribution in [-0.4, -0.2) is 25.0 Å². The van der Waals surface area contributed by atoms with Crippen LogP contribution < -0.4 is 15.4 Å². The van der Waals surface area contributed by atoms with Crippen LogP contribution in [-0.2, 0) is 11.0 Å². The third kappa shape index (κ3) is 5.70. The number of ether oxygens (including phenoxy) is 1. The maximum Gasteiger partial charge on any atom is 0.419 e. The maximum atomic E-state index is 14.0. The Bertz CT molecular complexity index is 1590. The second-order valence-electron chi connectivity index (χ2n) is 10.2. The van der Waals surface area contributed by atoms with Crippen molar-refractivity contribution in [2.45, 2.75) is 25.1 Å². The molecular formula is C30H23ClF6N2O3. The molecule has 2 unspecified atom stereocenters. The number of fused-ring (bicyclic) bond motifs is 2. The minimum atomic E-state index is -4.98. The Labute approximate surface area is 241 Å². The lowest BCUT2D eigenvalue weighted by Crippen LogP contribution is -2.48. The number of nitrogens with one attached hydrogen (secondary N) is 2. The van der Waals surface area contributed by atoms with Gasteiger partial charge in [0.1, 0.15) is 11.6 Å². The summed E-state index contributed by atoms with van der Waals surface area (Å²) in [6.45, 7) is 0. The van der Waals surface area contributed by atoms with Gasteiger partial charge >= 0.3 is 6.18 Å². The van der Waals surface area contributed by atoms with Crippen molar-refractivity contribution in [3.8, 4) is 5.75 Å². The number of anilines is 1. The van der Waals surface area contributed by atoms with E-state index in [1.54, 1.807) is 18.2 Å². The number of amides is 2. The second-order valence-corrected chi connectivity index (χ2v) is 10.6. The topological polar surface area (TPSA) is 67.4 Å². The van der Waals surface area contributed by atoms with Gasteiger partial charge in [-0.05, 0) is 60.7 Å². The Balaban J connectivity index is 1.50. The Morgan fingerprint density at radius 2 is 1.67 bits per heavy atom. The van der Waals surface area contributed by atoms with Gasteiger partial charge in [-0.2, -0.15) is 13.2 Å². The van der Waals surface area contributed by atoms with Crippen LogP contribution in [0, 0.1) is 35.2 Å². The summed E-state index contributed by atoms with van der Waals surface area (Å²) in [5.74, 6) is -7.45. The molecule has 3 aromatic rings. The number of halogens is 7. The minimum absolute atomic E-state index is 0.226. The molecule has 0 aromatic heterocycles. The minimum Gasteiger partial charge on any atom is -0.496 e. The van der Waals surface area contributed by atoms with Gasteiger partial charge in [0.15, 0.2) is 11.6 Å². The second kappa shape index (κ2) is 11.4. The maximum absolute atomic E-state index is 14.0. The van der Waals surface area contributed by atoms with E-state index in [1.807, 2.05) is 12.1 Å². The first-order valence-corrected chi connectivity index (χ1v) is 13.2. The SMILES string of the molecule is COc1cc(F)c(F)cc1C(=O)N[C@@H]1C2CCC(C2=Cc2cccc(Cl)c2)[C@@H]1C(=O)Nc1ccc(F)c(C(F)(F)F)c1. The Morgan fingerprint density at radius 1 is 0.952 bits per heavy atom. The summed E-state index contributed by atoms with van der Waals surface area (Å²) in [5, 5.41) is 5.69. The molecule has 0 aliphatic heterocycles. The molecule has 0 spiro atoms. The molecule has 3 aromatic carbocycles. The van der Waals surface area contributed by atoms with Gasteiger partial charge < -0.3 is 15.4 Å². The molecule has 42 heavy (non-hydrogen) atoms. The van der Waals surface area contributed by atoms with E-state index >= 15 is 0 Å². The number of rotatable bonds is 6. The fourth-order valence-corrected chi connectivity index (χ4v) is 6.13. The molecule has 5 rings (SSSR count). The Kier molecular flexibility index (Phi) is 7.98. The van der Waals surface area contributed by atoms with Crippen molar-refractivity contribution in [2.75, 3.05) is 12.4 Å². The van der Waals surface area contributed by atoms with Crippen molar-refractivity contribution < 1.29 is 40.7 Å². The van der Waals surface area contributed by atoms with E-state index in [1.165, 1.54) is 7.11 Å². The van der Waals surface area contributed by atoms with Crippen molar-refractivity contribution in [3.63, 3.8) is 0 Å². The molecule has 2 amide bonds. The average molecular weight is 609 g/mol. The highest BCUT2D eigenvalue weighted by molar-refractivity contribution is 6.30. The van der Waals surface area contributed by atoms with E-state index in [2.05, 4.69) is 10.6 Å². The zero-order chi connectivity index (χ0) is 30.3. The van der Waals surface area contributed by atoms with E-state index in [0.29, 0.717) is 36.1 Å². The van der Waals surface area contributed by atoms with E-state index < -0.39 is 58.9 Å². The van der Waals surface area contributed by atoms with Crippen molar-refractivity contribution in [3.05, 3.63) is 99.3 Å². The normalized spacial score (nSPS) is 22.3. The largest absolute Gasteiger partial charge is 0.496 e. The van der Waals surface area contributed by atoms with Crippen LogP contribution in [0.15, 0.2) is 60.2 Å². The third-order valence-corrected chi connectivity index (χ3v) is 7.94. The van der Waals surface area contributed by atoms with Crippen molar-refractivity contribution in [1.29, 1.82) is 0 Å². The molecule has 2 saturated carbocycles. The smallest absolute Gasteiger partial charge is 0.419 e. The van der Waals surface area contributed by atoms with E-state index in [-0.39, 0.29) is 22.9 Å². The van der Waals surface area contributed by atoms with E-state index in [9.17, 15) is 35.9 Å². The summed E-state index contributed by atoms with van der Waals surface area (Å²) in [7, 11) is 1.18. The highest BCUT2D eigenvalue weighted by Gasteiger charge is 2.54. The van der Waals surface area contributed by atoms with Crippen molar-refractivity contribution in [1.82, 2.24) is 5.32 Å². The number of hydrogen-bond donors (Lipinski definition) is 2. The lowest BCUT2D eigenvalue weighted by Gasteiger charge is -2.30. The summed E-state index contributed by atoms with van der Waals surface area (Å²) in [6, 6.07) is 9.65. The highest BCUT2D eigenvalue weighted by Crippen LogP contribution is 2.53. The molecular weight excluding hydrogens is 586 g/mol. The predicted octanol–water partition coefficient (Wildman–Crippen LogP) is 7.26. The number of methoxy groups -OCH3 is 1. The number of carbonyl (C=O) groups excluding carboxylic acids is 2. The van der Waals surface area contributed by atoms with Gasteiger partial charge in [-0.3, -0.25) is 9.59 Å². The Hall–Kier alpha value is -3.99. The predicted molar refractivity (Wildman–Crippen MR) is 143 cm³/mol. The zero-order valence-corrected chi connectivity index (χ0v) is 22.6. The summed E-state index contributed by atoms with van der Waals surface area (Å²) in [5.41, 5.74) is -0.535. The zero-order valence-electron chi connectivity index (χ0n) is 21.9. The summed E-state index contributed by atoms with van der Waals surface area (Å²) >= 11 is 6.14. The molecule has 4 atom stereocenters. The van der Waals surface area contributed by atoms with Crippen LogP contribution in [0.25, 0.3) is 6.08 Å². The van der Waals surface area contributed by atoms with Gasteiger partial charge in [0.05, 0.1) is 24.2 Å². The summed E-state index contributed by atoms with van der Waals surface area (Å²) in [4.78, 5) is 27.0. The van der Waals surface area contributed by atoms with Crippen LogP contribution in [0.5, 0.6) is 5.75 Å². The van der Waals surface area contributed by atoms with Crippen molar-refractivity contribution in [2.24, 2.45) is 17.8 Å². The number of hydrogen-bond acceptors (Lipinski definition) is 3. The van der Waals surface area contributed by atoms with Gasteiger partial charge in [-0.1, -0.05) is 35.4 Å². The first-order valence-electron chi connectivity index (χ1n) is 12.9. The molecule has 0 heterocycles. The van der Waals surface area contributed by atoms with Crippen molar-refractivity contribution >= 4 is 35.2 Å². The molecule has 0 radical (unpaired) electrons. The number of benzene rings is 3. The fraction of sp³-hybridized carbons (Fsp3) is 0.267. The van der Waals surface area contributed by atoms with Gasteiger partial charge in [0.25, 0.3) is 5.91 Å². The molecule has 2 aliphatic rings. The first kappa shape index (κ1) is 29.5. The molecule has 2 fully saturated rings. The average Bonchev–Trinajstić information content (AvgIpc) is 3.44. The third-order valence-electron chi connectivity index (χ3n) is 7.71. The Morgan fingerprint density at radius 3 is 2.36 bits per heavy atom. The highest BCUT2D eigenvalue weighted by atomic mass is 35.5. The monoisotopic (exact) mass is 608 g/mol.